The minimum atomic E-state index is -0.154. The van der Waals surface area contributed by atoms with Gasteiger partial charge < -0.3 is 10.6 Å². The van der Waals surface area contributed by atoms with Crippen LogP contribution in [0.4, 0.5) is 5.69 Å². The fraction of sp³-hybridized carbons (Fsp3) is 0.562. The van der Waals surface area contributed by atoms with Gasteiger partial charge in [-0.25, -0.2) is 0 Å². The largest absolute Gasteiger partial charge is 0.325 e. The molecule has 0 bridgehead atoms. The van der Waals surface area contributed by atoms with E-state index in [0.717, 1.165) is 11.4 Å². The Morgan fingerprint density at radius 3 is 2.80 bits per heavy atom. The van der Waals surface area contributed by atoms with Crippen LogP contribution in [0.2, 0.25) is 0 Å². The number of amides is 1. The Morgan fingerprint density at radius 1 is 1.35 bits per heavy atom. The number of nitrogens with one attached hydrogen (secondary N) is 2. The summed E-state index contributed by atoms with van der Waals surface area (Å²) in [7, 11) is 0. The molecule has 1 fully saturated rings. The molecule has 1 aromatic rings. The summed E-state index contributed by atoms with van der Waals surface area (Å²) >= 11 is 2.01. The van der Waals surface area contributed by atoms with Gasteiger partial charge in [0.25, 0.3) is 0 Å². The Hall–Kier alpha value is -1.00. The summed E-state index contributed by atoms with van der Waals surface area (Å²) in [5, 5.41) is 7.11. The number of benzene rings is 1. The number of thioether (sulfide) groups is 1. The van der Waals surface area contributed by atoms with Crippen LogP contribution in [0.5, 0.6) is 0 Å². The van der Waals surface area contributed by atoms with E-state index in [4.69, 9.17) is 0 Å². The summed E-state index contributed by atoms with van der Waals surface area (Å²) in [5.41, 5.74) is 0.858. The number of hydrogen-bond acceptors (Lipinski definition) is 3. The maximum absolute atomic E-state index is 12.2. The van der Waals surface area contributed by atoms with E-state index in [1.807, 2.05) is 49.0 Å². The van der Waals surface area contributed by atoms with Crippen LogP contribution in [0.1, 0.15) is 33.1 Å². The average Bonchev–Trinajstić information content (AvgIpc) is 2.87. The minimum Gasteiger partial charge on any atom is -0.325 e. The predicted octanol–water partition coefficient (Wildman–Crippen LogP) is 3.28. The van der Waals surface area contributed by atoms with Crippen molar-refractivity contribution in [3.8, 4) is 0 Å². The van der Waals surface area contributed by atoms with E-state index in [2.05, 4.69) is 17.6 Å². The predicted molar refractivity (Wildman–Crippen MR) is 87.2 cm³/mol. The molecule has 20 heavy (non-hydrogen) atoms. The van der Waals surface area contributed by atoms with Gasteiger partial charge >= 0.3 is 0 Å². The van der Waals surface area contributed by atoms with Gasteiger partial charge in [0.15, 0.2) is 0 Å². The monoisotopic (exact) mass is 292 g/mol. The van der Waals surface area contributed by atoms with Crippen molar-refractivity contribution in [1.29, 1.82) is 0 Å². The van der Waals surface area contributed by atoms with Crippen LogP contribution in [0.25, 0.3) is 0 Å². The highest BCUT2D eigenvalue weighted by Gasteiger charge is 2.29. The second kappa shape index (κ2) is 7.70. The molecule has 110 valence electrons. The summed E-state index contributed by atoms with van der Waals surface area (Å²) in [6.07, 6.45) is 3.71. The lowest BCUT2D eigenvalue weighted by molar-refractivity contribution is -0.117. The lowest BCUT2D eigenvalue weighted by atomic mass is 10.2. The number of carbonyl (C=O) groups is 1. The second-order valence-corrected chi connectivity index (χ2v) is 6.79. The van der Waals surface area contributed by atoms with Crippen molar-refractivity contribution in [2.45, 2.75) is 50.4 Å². The third-order valence-electron chi connectivity index (χ3n) is 3.73. The number of carbonyl (C=O) groups excluding carboxylic acids is 1. The highest BCUT2D eigenvalue weighted by Crippen LogP contribution is 2.30. The molecule has 2 rings (SSSR count). The van der Waals surface area contributed by atoms with Gasteiger partial charge in [-0.2, -0.15) is 11.8 Å². The van der Waals surface area contributed by atoms with Crippen LogP contribution in [0.3, 0.4) is 0 Å². The topological polar surface area (TPSA) is 41.1 Å². The zero-order chi connectivity index (χ0) is 14.4. The van der Waals surface area contributed by atoms with Gasteiger partial charge in [-0.15, -0.1) is 0 Å². The number of hydrogen-bond donors (Lipinski definition) is 2. The molecule has 2 N–H and O–H groups in total. The molecule has 3 atom stereocenters. The molecule has 1 amide bonds. The first-order valence-corrected chi connectivity index (χ1v) is 8.49. The fourth-order valence-electron chi connectivity index (χ4n) is 2.70. The first-order chi connectivity index (χ1) is 9.70. The molecule has 0 radical (unpaired) electrons. The smallest absolute Gasteiger partial charge is 0.241 e. The van der Waals surface area contributed by atoms with Crippen molar-refractivity contribution in [2.75, 3.05) is 11.1 Å². The van der Waals surface area contributed by atoms with E-state index in [1.165, 1.54) is 19.3 Å². The van der Waals surface area contributed by atoms with Gasteiger partial charge in [0.1, 0.15) is 0 Å². The van der Waals surface area contributed by atoms with Crippen molar-refractivity contribution in [3.63, 3.8) is 0 Å². The molecule has 0 saturated heterocycles. The number of rotatable bonds is 6. The Morgan fingerprint density at radius 2 is 2.10 bits per heavy atom. The lowest BCUT2D eigenvalue weighted by Crippen LogP contribution is -2.46. The summed E-state index contributed by atoms with van der Waals surface area (Å²) in [5.74, 6) is 1.19. The molecule has 0 aliphatic heterocycles. The highest BCUT2D eigenvalue weighted by atomic mass is 32.2. The first-order valence-electron chi connectivity index (χ1n) is 7.44. The van der Waals surface area contributed by atoms with Crippen LogP contribution in [-0.4, -0.2) is 29.0 Å². The van der Waals surface area contributed by atoms with Crippen molar-refractivity contribution >= 4 is 23.4 Å². The fourth-order valence-corrected chi connectivity index (χ4v) is 3.91. The molecule has 4 heteroatoms. The van der Waals surface area contributed by atoms with E-state index in [-0.39, 0.29) is 11.9 Å². The van der Waals surface area contributed by atoms with Gasteiger partial charge in [0.2, 0.25) is 5.91 Å². The van der Waals surface area contributed by atoms with Crippen LogP contribution in [-0.2, 0) is 4.79 Å². The maximum atomic E-state index is 12.2. The Bertz CT molecular complexity index is 424. The summed E-state index contributed by atoms with van der Waals surface area (Å²) in [6.45, 7) is 4.15. The van der Waals surface area contributed by atoms with Gasteiger partial charge in [-0.3, -0.25) is 4.79 Å². The highest BCUT2D eigenvalue weighted by molar-refractivity contribution is 7.99. The first kappa shape index (κ1) is 15.4. The van der Waals surface area contributed by atoms with Crippen LogP contribution in [0.15, 0.2) is 30.3 Å². The van der Waals surface area contributed by atoms with Gasteiger partial charge in [0, 0.05) is 17.0 Å². The molecule has 1 aromatic carbocycles. The van der Waals surface area contributed by atoms with Gasteiger partial charge in [-0.1, -0.05) is 31.5 Å². The SMILES string of the molecule is CCSC1CCCC1NC(C)C(=O)Nc1ccccc1. The van der Waals surface area contributed by atoms with E-state index in [0.29, 0.717) is 11.3 Å². The lowest BCUT2D eigenvalue weighted by Gasteiger charge is -2.24. The van der Waals surface area contributed by atoms with Crippen molar-refractivity contribution < 1.29 is 4.79 Å². The maximum Gasteiger partial charge on any atom is 0.241 e. The molecule has 3 unspecified atom stereocenters. The minimum absolute atomic E-state index is 0.0448. The van der Waals surface area contributed by atoms with E-state index >= 15 is 0 Å². The molecule has 0 aromatic heterocycles. The van der Waals surface area contributed by atoms with Crippen LogP contribution in [0, 0.1) is 0 Å². The Balaban J connectivity index is 1.84. The van der Waals surface area contributed by atoms with Crippen LogP contribution < -0.4 is 10.6 Å². The summed E-state index contributed by atoms with van der Waals surface area (Å²) in [4.78, 5) is 12.2. The average molecular weight is 292 g/mol. The summed E-state index contributed by atoms with van der Waals surface area (Å²) in [6, 6.07) is 9.95. The third-order valence-corrected chi connectivity index (χ3v) is 5.06. The number of para-hydroxylation sites is 1. The van der Waals surface area contributed by atoms with Crippen molar-refractivity contribution in [2.24, 2.45) is 0 Å². The molecular formula is C16H24N2OS. The molecule has 0 heterocycles. The molecule has 1 saturated carbocycles. The number of anilines is 1. The van der Waals surface area contributed by atoms with Crippen molar-refractivity contribution in [1.82, 2.24) is 5.32 Å². The molecular weight excluding hydrogens is 268 g/mol. The van der Waals surface area contributed by atoms with Crippen molar-refractivity contribution in [3.05, 3.63) is 30.3 Å². The molecule has 1 aliphatic rings. The normalized spacial score (nSPS) is 23.5. The van der Waals surface area contributed by atoms with E-state index in [9.17, 15) is 4.79 Å². The zero-order valence-corrected chi connectivity index (χ0v) is 13.1. The second-order valence-electron chi connectivity index (χ2n) is 5.27. The Kier molecular flexibility index (Phi) is 5.92. The third kappa shape index (κ3) is 4.25. The van der Waals surface area contributed by atoms with Gasteiger partial charge in [-0.05, 0) is 37.7 Å². The van der Waals surface area contributed by atoms with Gasteiger partial charge in [0.05, 0.1) is 6.04 Å². The summed E-state index contributed by atoms with van der Waals surface area (Å²) < 4.78 is 0. The quantitative estimate of drug-likeness (QED) is 0.845. The molecule has 1 aliphatic carbocycles. The molecule has 0 spiro atoms. The van der Waals surface area contributed by atoms with E-state index < -0.39 is 0 Å². The van der Waals surface area contributed by atoms with E-state index in [1.54, 1.807) is 0 Å². The van der Waals surface area contributed by atoms with Crippen LogP contribution >= 0.6 is 11.8 Å². The Labute approximate surface area is 125 Å². The standard InChI is InChI=1S/C16H24N2OS/c1-3-20-15-11-7-10-14(15)17-12(2)16(19)18-13-8-5-4-6-9-13/h4-6,8-9,12,14-15,17H,3,7,10-11H2,1-2H3,(H,18,19). The zero-order valence-electron chi connectivity index (χ0n) is 12.3. The molecule has 3 nitrogen and oxygen atoms in total.